The molecule has 1 aromatic rings. The number of hydrogen-bond donors (Lipinski definition) is 1. The molecule has 0 saturated carbocycles. The van der Waals surface area contributed by atoms with Gasteiger partial charge in [0.2, 0.25) is 11.8 Å². The largest absolute Gasteiger partial charge is 0.573 e. The van der Waals surface area contributed by atoms with Crippen molar-refractivity contribution >= 4 is 17.5 Å². The summed E-state index contributed by atoms with van der Waals surface area (Å²) in [4.78, 5) is 27.3. The predicted octanol–water partition coefficient (Wildman–Crippen LogP) is 3.93. The number of nitrogens with zero attached hydrogens (tertiary/aromatic N) is 2. The summed E-state index contributed by atoms with van der Waals surface area (Å²) >= 11 is 0. The molecule has 182 valence electrons. The number of allylic oxidation sites excluding steroid dienone is 2. The van der Waals surface area contributed by atoms with Crippen molar-refractivity contribution in [1.82, 2.24) is 9.80 Å². The fourth-order valence-corrected chi connectivity index (χ4v) is 3.61. The van der Waals surface area contributed by atoms with Crippen LogP contribution in [-0.4, -0.2) is 61.8 Å². The molecule has 2 atom stereocenters. The van der Waals surface area contributed by atoms with Gasteiger partial charge in [-0.1, -0.05) is 18.7 Å². The minimum atomic E-state index is -5.29. The fraction of sp³-hybridized carbons (Fsp3) is 0.400. The molecule has 0 aliphatic carbocycles. The Morgan fingerprint density at radius 1 is 1.24 bits per heavy atom. The third-order valence-corrected chi connectivity index (χ3v) is 4.85. The highest BCUT2D eigenvalue weighted by Gasteiger charge is 2.48. The van der Waals surface area contributed by atoms with Gasteiger partial charge in [-0.05, 0) is 17.7 Å². The van der Waals surface area contributed by atoms with Crippen LogP contribution in [0, 0.1) is 17.7 Å². The number of rotatable bonds is 6. The van der Waals surface area contributed by atoms with Crippen molar-refractivity contribution < 1.29 is 45.1 Å². The molecule has 0 radical (unpaired) electrons. The summed E-state index contributed by atoms with van der Waals surface area (Å²) in [5.74, 6) is -7.98. The van der Waals surface area contributed by atoms with E-state index in [1.807, 2.05) is 5.32 Å². The zero-order chi connectivity index (χ0) is 25.3. The van der Waals surface area contributed by atoms with Crippen molar-refractivity contribution in [1.29, 1.82) is 0 Å². The Kier molecular flexibility index (Phi) is 7.34. The van der Waals surface area contributed by atoms with E-state index in [1.54, 1.807) is 0 Å². The normalized spacial score (nSPS) is 19.8. The number of nitrogens with one attached hydrogen (secondary N) is 1. The Morgan fingerprint density at radius 3 is 2.33 bits per heavy atom. The molecule has 6 nitrogen and oxygen atoms in total. The zero-order valence-corrected chi connectivity index (χ0v) is 17.6. The average molecular weight is 483 g/mol. The minimum absolute atomic E-state index is 0.291. The minimum Gasteiger partial charge on any atom is -0.400 e. The molecule has 13 heteroatoms. The van der Waals surface area contributed by atoms with Gasteiger partial charge < -0.3 is 19.9 Å². The van der Waals surface area contributed by atoms with Gasteiger partial charge in [-0.25, -0.2) is 4.39 Å². The third kappa shape index (κ3) is 5.76. The van der Waals surface area contributed by atoms with Gasteiger partial charge in [0.05, 0.1) is 5.69 Å². The number of alkyl halides is 6. The summed E-state index contributed by atoms with van der Waals surface area (Å²) in [6.45, 7) is 3.08. The molecule has 1 heterocycles. The lowest BCUT2D eigenvalue weighted by atomic mass is 9.85. The van der Waals surface area contributed by atoms with E-state index >= 15 is 0 Å². The number of halogens is 7. The standard InChI is InChI=1S/C20H20F7N3O3/c1-5-10(16(29(2)3)19(22,23)24)11-9-30(4)18(32)14(11)17(31)28-13-8-6-7-12(21)15(13)33-20(25,26)27/h5-8,11,14H,1,9H2,2-4H3,(H,28,31)/b16-10+/t11-,14+/m1/s1. The number of anilines is 1. The predicted molar refractivity (Wildman–Crippen MR) is 103 cm³/mol. The van der Waals surface area contributed by atoms with Crippen LogP contribution in [0.2, 0.25) is 0 Å². The highest BCUT2D eigenvalue weighted by atomic mass is 19.4. The van der Waals surface area contributed by atoms with Gasteiger partial charge in [0, 0.05) is 33.6 Å². The molecule has 33 heavy (non-hydrogen) atoms. The van der Waals surface area contributed by atoms with Crippen molar-refractivity contribution in [3.8, 4) is 5.75 Å². The van der Waals surface area contributed by atoms with E-state index in [4.69, 9.17) is 0 Å². The summed E-state index contributed by atoms with van der Waals surface area (Å²) in [6.07, 6.45) is -9.27. The van der Waals surface area contributed by atoms with E-state index in [1.165, 1.54) is 7.05 Å². The summed E-state index contributed by atoms with van der Waals surface area (Å²) in [7, 11) is 3.50. The summed E-state index contributed by atoms with van der Waals surface area (Å²) in [5.41, 5.74) is -2.34. The van der Waals surface area contributed by atoms with E-state index in [0.29, 0.717) is 6.07 Å². The van der Waals surface area contributed by atoms with E-state index in [0.717, 1.165) is 42.1 Å². The number of benzene rings is 1. The highest BCUT2D eigenvalue weighted by molar-refractivity contribution is 6.08. The zero-order valence-electron chi connectivity index (χ0n) is 17.6. The molecule has 1 aliphatic rings. The Bertz CT molecular complexity index is 971. The maximum absolute atomic E-state index is 13.9. The van der Waals surface area contributed by atoms with Crippen molar-refractivity contribution in [3.05, 3.63) is 47.9 Å². The quantitative estimate of drug-likeness (QED) is 0.379. The van der Waals surface area contributed by atoms with Gasteiger partial charge in [-0.3, -0.25) is 9.59 Å². The van der Waals surface area contributed by atoms with Crippen molar-refractivity contribution in [2.24, 2.45) is 11.8 Å². The van der Waals surface area contributed by atoms with E-state index in [-0.39, 0.29) is 6.54 Å². The first kappa shape index (κ1) is 26.0. The van der Waals surface area contributed by atoms with Crippen LogP contribution in [0.25, 0.3) is 0 Å². The van der Waals surface area contributed by atoms with Gasteiger partial charge in [-0.2, -0.15) is 13.2 Å². The highest BCUT2D eigenvalue weighted by Crippen LogP contribution is 2.40. The Labute approximate surface area is 184 Å². The van der Waals surface area contributed by atoms with Crippen LogP contribution in [0.3, 0.4) is 0 Å². The van der Waals surface area contributed by atoms with Gasteiger partial charge in [0.1, 0.15) is 11.6 Å². The fourth-order valence-electron chi connectivity index (χ4n) is 3.61. The number of carbonyl (C=O) groups excluding carboxylic acids is 2. The molecule has 1 N–H and O–H groups in total. The SMILES string of the molecule is C=C/C(=C(\N(C)C)C(F)(F)F)[C@H]1CN(C)C(=O)[C@@H]1C(=O)Nc1cccc(F)c1OC(F)(F)F. The topological polar surface area (TPSA) is 61.9 Å². The van der Waals surface area contributed by atoms with E-state index in [2.05, 4.69) is 11.3 Å². The molecule has 0 unspecified atom stereocenters. The van der Waals surface area contributed by atoms with E-state index in [9.17, 15) is 40.3 Å². The van der Waals surface area contributed by atoms with Gasteiger partial charge in [0.25, 0.3) is 0 Å². The molecule has 1 saturated heterocycles. The molecular formula is C20H20F7N3O3. The third-order valence-electron chi connectivity index (χ3n) is 4.85. The molecular weight excluding hydrogens is 463 g/mol. The lowest BCUT2D eigenvalue weighted by Crippen LogP contribution is -2.36. The number of para-hydroxylation sites is 1. The van der Waals surface area contributed by atoms with E-state index < -0.39 is 64.7 Å². The first-order valence-electron chi connectivity index (χ1n) is 9.29. The number of likely N-dealkylation sites (tertiary alicyclic amines) is 1. The van der Waals surface area contributed by atoms with Crippen molar-refractivity contribution in [2.75, 3.05) is 33.0 Å². The molecule has 0 bridgehead atoms. The molecule has 0 aromatic heterocycles. The Hall–Kier alpha value is -3.25. The number of hydrogen-bond acceptors (Lipinski definition) is 4. The second kappa shape index (κ2) is 9.32. The second-order valence-corrected chi connectivity index (χ2v) is 7.36. The first-order valence-corrected chi connectivity index (χ1v) is 9.29. The van der Waals surface area contributed by atoms with Crippen LogP contribution in [0.15, 0.2) is 42.1 Å². The summed E-state index contributed by atoms with van der Waals surface area (Å²) in [5, 5.41) is 1.98. The number of carbonyl (C=O) groups is 2. The van der Waals surface area contributed by atoms with Crippen LogP contribution >= 0.6 is 0 Å². The lowest BCUT2D eigenvalue weighted by Gasteiger charge is -2.27. The second-order valence-electron chi connectivity index (χ2n) is 7.36. The van der Waals surface area contributed by atoms with Crippen molar-refractivity contribution in [3.63, 3.8) is 0 Å². The Balaban J connectivity index is 2.52. The monoisotopic (exact) mass is 483 g/mol. The maximum Gasteiger partial charge on any atom is 0.573 e. The molecule has 1 aromatic carbocycles. The summed E-state index contributed by atoms with van der Waals surface area (Å²) < 4.78 is 96.5. The average Bonchev–Trinajstić information content (AvgIpc) is 2.94. The molecule has 2 rings (SSSR count). The number of amides is 2. The van der Waals surface area contributed by atoms with Gasteiger partial charge >= 0.3 is 12.5 Å². The first-order chi connectivity index (χ1) is 15.1. The lowest BCUT2D eigenvalue weighted by molar-refractivity contribution is -0.275. The molecule has 0 spiro atoms. The molecule has 1 fully saturated rings. The van der Waals surface area contributed by atoms with Crippen LogP contribution in [0.1, 0.15) is 0 Å². The molecule has 2 amide bonds. The molecule has 1 aliphatic heterocycles. The van der Waals surface area contributed by atoms with Gasteiger partial charge in [0.15, 0.2) is 11.6 Å². The Morgan fingerprint density at radius 2 is 1.85 bits per heavy atom. The number of ether oxygens (including phenoxy) is 1. The van der Waals surface area contributed by atoms with Crippen LogP contribution < -0.4 is 10.1 Å². The van der Waals surface area contributed by atoms with Gasteiger partial charge in [-0.15, -0.1) is 13.2 Å². The van der Waals surface area contributed by atoms with Crippen LogP contribution in [0.5, 0.6) is 5.75 Å². The summed E-state index contributed by atoms with van der Waals surface area (Å²) in [6, 6.07) is 2.53. The van der Waals surface area contributed by atoms with Crippen LogP contribution in [0.4, 0.5) is 36.4 Å². The smallest absolute Gasteiger partial charge is 0.400 e. The maximum atomic E-state index is 13.9. The van der Waals surface area contributed by atoms with Crippen LogP contribution in [-0.2, 0) is 9.59 Å². The van der Waals surface area contributed by atoms with Crippen molar-refractivity contribution in [2.45, 2.75) is 12.5 Å².